The van der Waals surface area contributed by atoms with Crippen LogP contribution in [-0.2, 0) is 16.0 Å². The maximum Gasteiger partial charge on any atom is 0.340 e. The number of carbonyl (C=O) groups excluding carboxylic acids is 1. The van der Waals surface area contributed by atoms with Crippen molar-refractivity contribution in [3.8, 4) is 0 Å². The lowest BCUT2D eigenvalue weighted by Crippen LogP contribution is -2.34. The molecule has 1 aliphatic carbocycles. The number of carboxylic acid groups (broad SMARTS) is 1. The SMILES string of the molecule is CC(NC(=O)CCc1n[nH]c(=O)[nH]1)C1=CCCCC1.O=CO. The molecule has 22 heavy (non-hydrogen) atoms. The van der Waals surface area contributed by atoms with E-state index in [9.17, 15) is 9.59 Å². The van der Waals surface area contributed by atoms with E-state index in [1.807, 2.05) is 6.92 Å². The van der Waals surface area contributed by atoms with Crippen LogP contribution in [0.4, 0.5) is 0 Å². The van der Waals surface area contributed by atoms with Gasteiger partial charge >= 0.3 is 5.69 Å². The summed E-state index contributed by atoms with van der Waals surface area (Å²) in [6, 6.07) is 0.103. The van der Waals surface area contributed by atoms with Gasteiger partial charge in [-0.1, -0.05) is 11.6 Å². The average molecular weight is 310 g/mol. The molecule has 0 saturated heterocycles. The fourth-order valence-electron chi connectivity index (χ4n) is 2.32. The van der Waals surface area contributed by atoms with Gasteiger partial charge in [0.05, 0.1) is 0 Å². The molecule has 1 aromatic rings. The Hall–Kier alpha value is -2.38. The number of allylic oxidation sites excluding steroid dienone is 1. The van der Waals surface area contributed by atoms with Crippen LogP contribution in [0.3, 0.4) is 0 Å². The van der Waals surface area contributed by atoms with Crippen molar-refractivity contribution in [1.29, 1.82) is 0 Å². The Bertz CT molecular complexity index is 561. The van der Waals surface area contributed by atoms with Crippen LogP contribution >= 0.6 is 0 Å². The first-order valence-electron chi connectivity index (χ1n) is 7.26. The van der Waals surface area contributed by atoms with E-state index < -0.39 is 0 Å². The molecule has 0 spiro atoms. The molecule has 0 radical (unpaired) electrons. The van der Waals surface area contributed by atoms with Gasteiger partial charge in [-0.2, -0.15) is 5.10 Å². The second kappa shape index (κ2) is 9.54. The number of aryl methyl sites for hydroxylation is 1. The number of aromatic nitrogens is 3. The molecule has 1 aromatic heterocycles. The maximum absolute atomic E-state index is 11.8. The second-order valence-electron chi connectivity index (χ2n) is 5.04. The van der Waals surface area contributed by atoms with Crippen LogP contribution in [0.5, 0.6) is 0 Å². The molecule has 0 aromatic carbocycles. The van der Waals surface area contributed by atoms with Gasteiger partial charge in [0.15, 0.2) is 0 Å². The summed E-state index contributed by atoms with van der Waals surface area (Å²) >= 11 is 0. The Balaban J connectivity index is 0.000000745. The highest BCUT2D eigenvalue weighted by Gasteiger charge is 2.14. The number of rotatable bonds is 5. The van der Waals surface area contributed by atoms with Gasteiger partial charge in [0.2, 0.25) is 5.91 Å². The lowest BCUT2D eigenvalue weighted by Gasteiger charge is -2.20. The summed E-state index contributed by atoms with van der Waals surface area (Å²) in [5.41, 5.74) is 0.990. The minimum atomic E-state index is -0.337. The summed E-state index contributed by atoms with van der Waals surface area (Å²) in [5.74, 6) is 0.507. The molecule has 122 valence electrons. The van der Waals surface area contributed by atoms with E-state index in [2.05, 4.69) is 26.6 Å². The number of H-pyrrole nitrogens is 2. The van der Waals surface area contributed by atoms with Gasteiger partial charge in [0.25, 0.3) is 6.47 Å². The third-order valence-corrected chi connectivity index (χ3v) is 3.40. The fourth-order valence-corrected chi connectivity index (χ4v) is 2.32. The summed E-state index contributed by atoms with van der Waals surface area (Å²) in [6.45, 7) is 1.77. The average Bonchev–Trinajstić information content (AvgIpc) is 2.92. The topological polar surface area (TPSA) is 128 Å². The Morgan fingerprint density at radius 2 is 2.27 bits per heavy atom. The zero-order valence-corrected chi connectivity index (χ0v) is 12.6. The largest absolute Gasteiger partial charge is 0.483 e. The van der Waals surface area contributed by atoms with E-state index in [0.29, 0.717) is 18.7 Å². The van der Waals surface area contributed by atoms with Crippen molar-refractivity contribution in [3.05, 3.63) is 28.0 Å². The quantitative estimate of drug-likeness (QED) is 0.471. The molecule has 8 heteroatoms. The van der Waals surface area contributed by atoms with Crippen LogP contribution in [-0.4, -0.2) is 38.7 Å². The van der Waals surface area contributed by atoms with Crippen LogP contribution in [0.1, 0.15) is 44.9 Å². The smallest absolute Gasteiger partial charge is 0.340 e. The lowest BCUT2D eigenvalue weighted by molar-refractivity contribution is -0.123. The zero-order chi connectivity index (χ0) is 16.4. The third-order valence-electron chi connectivity index (χ3n) is 3.40. The van der Waals surface area contributed by atoms with Gasteiger partial charge in [-0.3, -0.25) is 14.6 Å². The van der Waals surface area contributed by atoms with Crippen molar-refractivity contribution < 1.29 is 14.7 Å². The van der Waals surface area contributed by atoms with Crippen molar-refractivity contribution in [1.82, 2.24) is 20.5 Å². The van der Waals surface area contributed by atoms with E-state index in [1.54, 1.807) is 0 Å². The number of hydrogen-bond acceptors (Lipinski definition) is 4. The van der Waals surface area contributed by atoms with Gasteiger partial charge < -0.3 is 10.4 Å². The zero-order valence-electron chi connectivity index (χ0n) is 12.6. The standard InChI is InChI=1S/C13H20N4O2.CH2O2/c1-9(10-5-3-2-4-6-10)14-12(18)8-7-11-15-13(19)17-16-11;2-1-3/h5,9H,2-4,6-8H2,1H3,(H,14,18)(H2,15,16,17,19);1H,(H,2,3). The van der Waals surface area contributed by atoms with Crippen molar-refractivity contribution in [2.24, 2.45) is 0 Å². The highest BCUT2D eigenvalue weighted by Crippen LogP contribution is 2.20. The predicted octanol–water partition coefficient (Wildman–Crippen LogP) is 0.736. The van der Waals surface area contributed by atoms with Crippen LogP contribution in [0.25, 0.3) is 0 Å². The Morgan fingerprint density at radius 1 is 1.55 bits per heavy atom. The predicted molar refractivity (Wildman–Crippen MR) is 80.4 cm³/mol. The molecule has 2 rings (SSSR count). The van der Waals surface area contributed by atoms with E-state index in [0.717, 1.165) is 12.8 Å². The molecule has 1 atom stereocenters. The first-order valence-corrected chi connectivity index (χ1v) is 7.26. The number of amides is 1. The number of aromatic amines is 2. The van der Waals surface area contributed by atoms with E-state index in [-0.39, 0.29) is 24.1 Å². The lowest BCUT2D eigenvalue weighted by atomic mass is 9.94. The first-order chi connectivity index (χ1) is 10.6. The minimum Gasteiger partial charge on any atom is -0.483 e. The van der Waals surface area contributed by atoms with Crippen molar-refractivity contribution >= 4 is 12.4 Å². The van der Waals surface area contributed by atoms with Crippen LogP contribution in [0.2, 0.25) is 0 Å². The molecule has 1 aliphatic rings. The summed E-state index contributed by atoms with van der Waals surface area (Å²) in [7, 11) is 0. The second-order valence-corrected chi connectivity index (χ2v) is 5.04. The molecule has 8 nitrogen and oxygen atoms in total. The van der Waals surface area contributed by atoms with Crippen LogP contribution < -0.4 is 11.0 Å². The normalized spacial score (nSPS) is 15.0. The highest BCUT2D eigenvalue weighted by atomic mass is 16.3. The van der Waals surface area contributed by atoms with E-state index >= 15 is 0 Å². The number of nitrogens with one attached hydrogen (secondary N) is 3. The number of hydrogen-bond donors (Lipinski definition) is 4. The van der Waals surface area contributed by atoms with Crippen LogP contribution in [0, 0.1) is 0 Å². The molecular weight excluding hydrogens is 288 g/mol. The van der Waals surface area contributed by atoms with Gasteiger partial charge in [0, 0.05) is 18.9 Å². The number of carbonyl (C=O) groups is 2. The third kappa shape index (κ3) is 6.38. The maximum atomic E-state index is 11.8. The highest BCUT2D eigenvalue weighted by molar-refractivity contribution is 5.76. The molecule has 1 amide bonds. The summed E-state index contributed by atoms with van der Waals surface area (Å²) in [5, 5.41) is 15.9. The molecular formula is C14H22N4O4. The summed E-state index contributed by atoms with van der Waals surface area (Å²) in [4.78, 5) is 33.5. The fraction of sp³-hybridized carbons (Fsp3) is 0.571. The number of nitrogens with zero attached hydrogens (tertiary/aromatic N) is 1. The Kier molecular flexibility index (Phi) is 7.66. The first kappa shape index (κ1) is 17.7. The van der Waals surface area contributed by atoms with Gasteiger partial charge in [-0.05, 0) is 32.6 Å². The van der Waals surface area contributed by atoms with Crippen molar-refractivity contribution in [3.63, 3.8) is 0 Å². The summed E-state index contributed by atoms with van der Waals surface area (Å²) in [6.07, 6.45) is 7.66. The van der Waals surface area contributed by atoms with E-state index in [1.165, 1.54) is 18.4 Å². The van der Waals surface area contributed by atoms with Gasteiger partial charge in [-0.15, -0.1) is 0 Å². The minimum absolute atomic E-state index is 0.0113. The molecule has 1 heterocycles. The Morgan fingerprint density at radius 3 is 2.82 bits per heavy atom. The Labute approximate surface area is 128 Å². The van der Waals surface area contributed by atoms with Crippen molar-refractivity contribution in [2.75, 3.05) is 0 Å². The molecule has 4 N–H and O–H groups in total. The van der Waals surface area contributed by atoms with E-state index in [4.69, 9.17) is 9.90 Å². The summed E-state index contributed by atoms with van der Waals surface area (Å²) < 4.78 is 0. The molecule has 0 bridgehead atoms. The molecule has 1 unspecified atom stereocenters. The molecule has 0 saturated carbocycles. The van der Waals surface area contributed by atoms with Gasteiger partial charge in [0.1, 0.15) is 5.82 Å². The van der Waals surface area contributed by atoms with Crippen molar-refractivity contribution in [2.45, 2.75) is 51.5 Å². The van der Waals surface area contributed by atoms with Gasteiger partial charge in [-0.25, -0.2) is 9.89 Å². The molecule has 0 fully saturated rings. The monoisotopic (exact) mass is 310 g/mol. The van der Waals surface area contributed by atoms with Crippen LogP contribution in [0.15, 0.2) is 16.4 Å². The molecule has 0 aliphatic heterocycles.